The number of hydrogen-bond donors (Lipinski definition) is 1. The predicted octanol–water partition coefficient (Wildman–Crippen LogP) is 5.69. The molecule has 1 aliphatic heterocycles. The molecule has 1 aromatic carbocycles. The minimum Gasteiger partial charge on any atom is -0.352 e. The van der Waals surface area contributed by atoms with Crippen molar-refractivity contribution < 1.29 is 4.79 Å². The standard InChI is InChI=1S/C21H18BrCl2N5OS/c1-10-28-18(19(31-10)14-3-2-4-15(23)17(14)24)20(30)29-13(5-11-6-16(11)29)9-27-21-25-7-12(22)8-26-21/h2-4,7-8,11,13,16H,5-6,9H2,1H3,(H,25,26,27)/t11-,13+,16+/m1/s1. The van der Waals surface area contributed by atoms with Crippen molar-refractivity contribution in [1.82, 2.24) is 19.9 Å². The summed E-state index contributed by atoms with van der Waals surface area (Å²) >= 11 is 17.5. The van der Waals surface area contributed by atoms with Crippen LogP contribution >= 0.6 is 50.5 Å². The Bertz CT molecular complexity index is 1160. The monoisotopic (exact) mass is 537 g/mol. The Hall–Kier alpha value is -1.74. The highest BCUT2D eigenvalue weighted by Gasteiger charge is 2.54. The number of carbonyl (C=O) groups is 1. The number of anilines is 1. The van der Waals surface area contributed by atoms with E-state index in [1.807, 2.05) is 24.0 Å². The Kier molecular flexibility index (Phi) is 5.66. The van der Waals surface area contributed by atoms with E-state index in [1.165, 1.54) is 11.3 Å². The Morgan fingerprint density at radius 2 is 2.06 bits per heavy atom. The Morgan fingerprint density at radius 3 is 2.84 bits per heavy atom. The summed E-state index contributed by atoms with van der Waals surface area (Å²) in [5, 5.41) is 4.99. The third kappa shape index (κ3) is 4.06. The molecule has 1 aliphatic carbocycles. The molecule has 2 aromatic heterocycles. The summed E-state index contributed by atoms with van der Waals surface area (Å²) in [6.45, 7) is 2.49. The van der Waals surface area contributed by atoms with Crippen molar-refractivity contribution in [2.45, 2.75) is 31.8 Å². The number of piperidine rings is 1. The second-order valence-corrected chi connectivity index (χ2v) is 10.7. The lowest BCUT2D eigenvalue weighted by Crippen LogP contribution is -2.42. The normalized spacial score (nSPS) is 21.8. The van der Waals surface area contributed by atoms with Crippen molar-refractivity contribution in [2.24, 2.45) is 5.92 Å². The number of nitrogens with one attached hydrogen (secondary N) is 1. The number of halogens is 3. The van der Waals surface area contributed by atoms with Gasteiger partial charge in [-0.2, -0.15) is 0 Å². The number of fused-ring (bicyclic) bond motifs is 1. The predicted molar refractivity (Wildman–Crippen MR) is 127 cm³/mol. The maximum Gasteiger partial charge on any atom is 0.274 e. The molecule has 2 aliphatic rings. The summed E-state index contributed by atoms with van der Waals surface area (Å²) in [4.78, 5) is 29.6. The van der Waals surface area contributed by atoms with E-state index >= 15 is 0 Å². The van der Waals surface area contributed by atoms with Gasteiger partial charge >= 0.3 is 0 Å². The maximum atomic E-state index is 13.7. The number of benzene rings is 1. The van der Waals surface area contributed by atoms with Gasteiger partial charge in [0.2, 0.25) is 5.95 Å². The lowest BCUT2D eigenvalue weighted by molar-refractivity contribution is 0.0704. The van der Waals surface area contributed by atoms with Crippen molar-refractivity contribution in [3.63, 3.8) is 0 Å². The van der Waals surface area contributed by atoms with E-state index in [9.17, 15) is 4.79 Å². The number of likely N-dealkylation sites (tertiary alicyclic amines) is 1. The summed E-state index contributed by atoms with van der Waals surface area (Å²) in [6.07, 6.45) is 5.41. The van der Waals surface area contributed by atoms with Crippen molar-refractivity contribution in [2.75, 3.05) is 11.9 Å². The number of carbonyl (C=O) groups excluding carboxylic acids is 1. The molecule has 0 spiro atoms. The van der Waals surface area contributed by atoms with E-state index < -0.39 is 0 Å². The number of amides is 1. The minimum absolute atomic E-state index is 0.0519. The molecule has 3 aromatic rings. The fraction of sp³-hybridized carbons (Fsp3) is 0.333. The van der Waals surface area contributed by atoms with Gasteiger partial charge in [0.05, 0.1) is 30.4 Å². The largest absolute Gasteiger partial charge is 0.352 e. The van der Waals surface area contributed by atoms with Gasteiger partial charge in [-0.3, -0.25) is 4.79 Å². The molecule has 31 heavy (non-hydrogen) atoms. The van der Waals surface area contributed by atoms with Crippen molar-refractivity contribution >= 4 is 62.3 Å². The summed E-state index contributed by atoms with van der Waals surface area (Å²) in [6, 6.07) is 5.79. The number of rotatable bonds is 5. The van der Waals surface area contributed by atoms with Crippen LogP contribution in [0.3, 0.4) is 0 Å². The third-order valence-corrected chi connectivity index (χ3v) is 7.93. The number of aryl methyl sites for hydroxylation is 1. The van der Waals surface area contributed by atoms with Crippen LogP contribution in [0.15, 0.2) is 35.1 Å². The van der Waals surface area contributed by atoms with Gasteiger partial charge in [0, 0.05) is 30.5 Å². The first-order chi connectivity index (χ1) is 14.9. The van der Waals surface area contributed by atoms with Crippen molar-refractivity contribution in [3.8, 4) is 10.4 Å². The zero-order valence-electron chi connectivity index (χ0n) is 16.5. The van der Waals surface area contributed by atoms with Crippen LogP contribution in [0.2, 0.25) is 10.0 Å². The average Bonchev–Trinajstić information content (AvgIpc) is 3.24. The number of thiazole rings is 1. The molecule has 0 unspecified atom stereocenters. The van der Waals surface area contributed by atoms with Crippen LogP contribution in [0.25, 0.3) is 10.4 Å². The zero-order chi connectivity index (χ0) is 21.7. The van der Waals surface area contributed by atoms with E-state index in [4.69, 9.17) is 23.2 Å². The van der Waals surface area contributed by atoms with Gasteiger partial charge in [0.15, 0.2) is 0 Å². The van der Waals surface area contributed by atoms with Gasteiger partial charge in [0.25, 0.3) is 5.91 Å². The van der Waals surface area contributed by atoms with Crippen molar-refractivity contribution in [1.29, 1.82) is 0 Å². The molecule has 1 saturated carbocycles. The SMILES string of the molecule is Cc1nc(C(=O)N2[C@H](CNc3ncc(Br)cn3)C[C@@H]3C[C@@H]32)c(-c2cccc(Cl)c2Cl)s1. The molecular weight excluding hydrogens is 521 g/mol. The molecule has 10 heteroatoms. The highest BCUT2D eigenvalue weighted by Crippen LogP contribution is 2.49. The highest BCUT2D eigenvalue weighted by atomic mass is 79.9. The number of hydrogen-bond acceptors (Lipinski definition) is 6. The molecule has 3 heterocycles. The van der Waals surface area contributed by atoms with Crippen LogP contribution in [-0.2, 0) is 0 Å². The highest BCUT2D eigenvalue weighted by molar-refractivity contribution is 9.10. The Labute approximate surface area is 202 Å². The average molecular weight is 539 g/mol. The Balaban J connectivity index is 1.41. The molecule has 0 bridgehead atoms. The first-order valence-electron chi connectivity index (χ1n) is 9.88. The first kappa shape index (κ1) is 21.1. The Morgan fingerprint density at radius 1 is 1.29 bits per heavy atom. The molecule has 2 fully saturated rings. The fourth-order valence-electron chi connectivity index (χ4n) is 4.23. The van der Waals surface area contributed by atoms with E-state index in [0.29, 0.717) is 34.2 Å². The lowest BCUT2D eigenvalue weighted by Gasteiger charge is -2.27. The molecule has 160 valence electrons. The van der Waals surface area contributed by atoms with Gasteiger partial charge < -0.3 is 10.2 Å². The summed E-state index contributed by atoms with van der Waals surface area (Å²) < 4.78 is 0.822. The lowest BCUT2D eigenvalue weighted by atomic mass is 10.1. The van der Waals surface area contributed by atoms with Crippen molar-refractivity contribution in [3.05, 3.63) is 55.8 Å². The maximum absolute atomic E-state index is 13.7. The van der Waals surface area contributed by atoms with Crippen LogP contribution in [0.1, 0.15) is 28.3 Å². The van der Waals surface area contributed by atoms with E-state index in [1.54, 1.807) is 18.5 Å². The summed E-state index contributed by atoms with van der Waals surface area (Å²) in [5.74, 6) is 1.05. The number of aromatic nitrogens is 3. The van der Waals surface area contributed by atoms with E-state index in [2.05, 4.69) is 36.2 Å². The number of nitrogens with zero attached hydrogens (tertiary/aromatic N) is 4. The molecule has 1 saturated heterocycles. The van der Waals surface area contributed by atoms with E-state index in [0.717, 1.165) is 32.8 Å². The molecular formula is C21H18BrCl2N5OS. The quantitative estimate of drug-likeness (QED) is 0.451. The minimum atomic E-state index is -0.0519. The molecule has 6 nitrogen and oxygen atoms in total. The van der Waals surface area contributed by atoms with Crippen LogP contribution in [-0.4, -0.2) is 44.4 Å². The molecule has 1 amide bonds. The summed E-state index contributed by atoms with van der Waals surface area (Å²) in [5.41, 5.74) is 1.19. The van der Waals surface area contributed by atoms with Gasteiger partial charge in [0.1, 0.15) is 5.69 Å². The smallest absolute Gasteiger partial charge is 0.274 e. The molecule has 1 N–H and O–H groups in total. The molecule has 0 radical (unpaired) electrons. The van der Waals surface area contributed by atoms with Gasteiger partial charge in [-0.15, -0.1) is 11.3 Å². The van der Waals surface area contributed by atoms with Crippen LogP contribution in [0.5, 0.6) is 0 Å². The van der Waals surface area contributed by atoms with Gasteiger partial charge in [-0.1, -0.05) is 35.3 Å². The van der Waals surface area contributed by atoms with Gasteiger partial charge in [-0.25, -0.2) is 15.0 Å². The second-order valence-electron chi connectivity index (χ2n) is 7.78. The molecule has 5 rings (SSSR count). The first-order valence-corrected chi connectivity index (χ1v) is 12.2. The van der Waals surface area contributed by atoms with Crippen LogP contribution in [0.4, 0.5) is 5.95 Å². The van der Waals surface area contributed by atoms with Crippen LogP contribution in [0, 0.1) is 12.8 Å². The fourth-order valence-corrected chi connectivity index (χ4v) is 5.82. The van der Waals surface area contributed by atoms with Gasteiger partial charge in [-0.05, 0) is 47.7 Å². The third-order valence-electron chi connectivity index (χ3n) is 5.69. The zero-order valence-corrected chi connectivity index (χ0v) is 20.4. The van der Waals surface area contributed by atoms with Crippen LogP contribution < -0.4 is 5.32 Å². The topological polar surface area (TPSA) is 71.0 Å². The van der Waals surface area contributed by atoms with E-state index in [-0.39, 0.29) is 18.0 Å². The second kappa shape index (κ2) is 8.31. The molecule has 3 atom stereocenters. The summed E-state index contributed by atoms with van der Waals surface area (Å²) in [7, 11) is 0.